The van der Waals surface area contributed by atoms with E-state index in [4.69, 9.17) is 5.73 Å². The zero-order chi connectivity index (χ0) is 18.4. The summed E-state index contributed by atoms with van der Waals surface area (Å²) in [6.07, 6.45) is 5.85. The van der Waals surface area contributed by atoms with Crippen LogP contribution in [0.25, 0.3) is 5.57 Å². The van der Waals surface area contributed by atoms with Gasteiger partial charge in [0.25, 0.3) is 0 Å². The van der Waals surface area contributed by atoms with Crippen molar-refractivity contribution in [2.75, 3.05) is 56.6 Å². The van der Waals surface area contributed by atoms with Gasteiger partial charge in [-0.1, -0.05) is 6.08 Å². The summed E-state index contributed by atoms with van der Waals surface area (Å²) in [5, 5.41) is 0. The summed E-state index contributed by atoms with van der Waals surface area (Å²) < 4.78 is 15.2. The van der Waals surface area contributed by atoms with Crippen LogP contribution in [0.4, 0.5) is 15.8 Å². The molecule has 4 rings (SSSR count). The highest BCUT2D eigenvalue weighted by Gasteiger charge is 2.36. The molecule has 1 unspecified atom stereocenters. The summed E-state index contributed by atoms with van der Waals surface area (Å²) >= 11 is 0. The topological polar surface area (TPSA) is 35.7 Å². The highest BCUT2D eigenvalue weighted by Crippen LogP contribution is 2.45. The first-order valence-electron chi connectivity index (χ1n) is 9.88. The Kier molecular flexibility index (Phi) is 4.70. The van der Waals surface area contributed by atoms with Gasteiger partial charge >= 0.3 is 0 Å². The highest BCUT2D eigenvalue weighted by atomic mass is 19.1. The van der Waals surface area contributed by atoms with Gasteiger partial charge in [-0.2, -0.15) is 0 Å². The molecule has 1 aliphatic carbocycles. The lowest BCUT2D eigenvalue weighted by Crippen LogP contribution is -2.33. The van der Waals surface area contributed by atoms with E-state index in [0.29, 0.717) is 18.5 Å². The van der Waals surface area contributed by atoms with Gasteiger partial charge in [-0.05, 0) is 69.9 Å². The van der Waals surface area contributed by atoms with Gasteiger partial charge in [-0.3, -0.25) is 0 Å². The molecule has 0 radical (unpaired) electrons. The number of hydrogen-bond donors (Lipinski definition) is 1. The van der Waals surface area contributed by atoms with Gasteiger partial charge < -0.3 is 20.4 Å². The average Bonchev–Trinajstić information content (AvgIpc) is 3.33. The molecule has 2 heterocycles. The van der Waals surface area contributed by atoms with E-state index >= 15 is 4.39 Å². The fourth-order valence-corrected chi connectivity index (χ4v) is 4.61. The summed E-state index contributed by atoms with van der Waals surface area (Å²) in [6.45, 7) is 6.37. The van der Waals surface area contributed by atoms with Crippen molar-refractivity contribution in [3.8, 4) is 0 Å². The van der Waals surface area contributed by atoms with Crippen molar-refractivity contribution in [2.24, 2.45) is 11.7 Å². The summed E-state index contributed by atoms with van der Waals surface area (Å²) in [5.41, 5.74) is 11.4. The minimum atomic E-state index is -0.0822. The molecule has 2 N–H and O–H groups in total. The molecule has 2 fully saturated rings. The molecule has 0 amide bonds. The Morgan fingerprint density at radius 2 is 2.00 bits per heavy atom. The fraction of sp³-hybridized carbons (Fsp3) is 0.619. The number of nitrogens with zero attached hydrogens (tertiary/aromatic N) is 3. The van der Waals surface area contributed by atoms with Crippen molar-refractivity contribution >= 4 is 16.9 Å². The molecule has 1 atom stereocenters. The van der Waals surface area contributed by atoms with Gasteiger partial charge in [0.05, 0.1) is 11.4 Å². The summed E-state index contributed by atoms with van der Waals surface area (Å²) in [6, 6.07) is 2.41. The number of fused-ring (bicyclic) bond motifs is 1. The lowest BCUT2D eigenvalue weighted by atomic mass is 9.93. The van der Waals surface area contributed by atoms with Crippen molar-refractivity contribution in [1.29, 1.82) is 0 Å². The maximum Gasteiger partial charge on any atom is 0.147 e. The molecule has 0 spiro atoms. The van der Waals surface area contributed by atoms with E-state index < -0.39 is 0 Å². The lowest BCUT2D eigenvalue weighted by Gasteiger charge is -2.35. The van der Waals surface area contributed by atoms with Gasteiger partial charge in [0.15, 0.2) is 0 Å². The van der Waals surface area contributed by atoms with Crippen LogP contribution in [0, 0.1) is 18.7 Å². The number of nitrogens with two attached hydrogens (primary N) is 1. The van der Waals surface area contributed by atoms with Crippen LogP contribution >= 0.6 is 0 Å². The van der Waals surface area contributed by atoms with Crippen LogP contribution in [0.15, 0.2) is 12.1 Å². The standard InChI is InChI=1S/C21H31FN4/c1-14-20-18(10-19(22)21(14)25-8-6-15(11-23)12-25)16(13-24(2)3)7-9-26(20)17-4-5-17/h7,10,15,17H,4-6,8-9,11-13,23H2,1-3H3. The van der Waals surface area contributed by atoms with Crippen molar-refractivity contribution < 1.29 is 4.39 Å². The second-order valence-electron chi connectivity index (χ2n) is 8.42. The van der Waals surface area contributed by atoms with E-state index in [1.165, 1.54) is 24.1 Å². The maximum atomic E-state index is 15.2. The number of benzene rings is 1. The number of hydrogen-bond acceptors (Lipinski definition) is 4. The van der Waals surface area contributed by atoms with E-state index in [1.54, 1.807) is 6.07 Å². The Morgan fingerprint density at radius 3 is 2.62 bits per heavy atom. The number of anilines is 2. The molecule has 5 heteroatoms. The van der Waals surface area contributed by atoms with Gasteiger partial charge in [0.2, 0.25) is 0 Å². The second-order valence-corrected chi connectivity index (χ2v) is 8.42. The molecule has 1 saturated heterocycles. The Bertz CT molecular complexity index is 723. The van der Waals surface area contributed by atoms with Crippen LogP contribution < -0.4 is 15.5 Å². The smallest absolute Gasteiger partial charge is 0.147 e. The third kappa shape index (κ3) is 3.12. The quantitative estimate of drug-likeness (QED) is 0.878. The van der Waals surface area contributed by atoms with E-state index in [-0.39, 0.29) is 5.82 Å². The minimum Gasteiger partial charge on any atom is -0.369 e. The van der Waals surface area contributed by atoms with Crippen molar-refractivity contribution in [3.05, 3.63) is 29.1 Å². The highest BCUT2D eigenvalue weighted by molar-refractivity contribution is 5.87. The second kappa shape index (κ2) is 6.86. The fourth-order valence-electron chi connectivity index (χ4n) is 4.61. The predicted octanol–water partition coefficient (Wildman–Crippen LogP) is 2.85. The Labute approximate surface area is 156 Å². The van der Waals surface area contributed by atoms with Gasteiger partial charge in [0, 0.05) is 37.8 Å². The molecule has 3 aliphatic rings. The first kappa shape index (κ1) is 17.8. The average molecular weight is 359 g/mol. The van der Waals surface area contributed by atoms with Crippen molar-refractivity contribution in [2.45, 2.75) is 32.2 Å². The van der Waals surface area contributed by atoms with Gasteiger partial charge in [-0.25, -0.2) is 4.39 Å². The van der Waals surface area contributed by atoms with Gasteiger partial charge in [-0.15, -0.1) is 0 Å². The largest absolute Gasteiger partial charge is 0.369 e. The summed E-state index contributed by atoms with van der Waals surface area (Å²) in [7, 11) is 4.14. The van der Waals surface area contributed by atoms with Crippen LogP contribution in [-0.2, 0) is 0 Å². The molecule has 4 nitrogen and oxygen atoms in total. The Morgan fingerprint density at radius 1 is 1.23 bits per heavy atom. The van der Waals surface area contributed by atoms with Crippen molar-refractivity contribution in [1.82, 2.24) is 4.90 Å². The molecule has 1 saturated carbocycles. The zero-order valence-corrected chi connectivity index (χ0v) is 16.3. The summed E-state index contributed by atoms with van der Waals surface area (Å²) in [5.74, 6) is 0.398. The molecule has 142 valence electrons. The monoisotopic (exact) mass is 358 g/mol. The van der Waals surface area contributed by atoms with Crippen LogP contribution in [0.1, 0.15) is 30.4 Å². The SMILES string of the molecule is Cc1c(N2CCC(CN)C2)c(F)cc2c1N(C1CC1)CC=C2CN(C)C. The molecule has 0 aromatic heterocycles. The molecule has 0 bridgehead atoms. The van der Waals surface area contributed by atoms with Gasteiger partial charge in [0.1, 0.15) is 5.82 Å². The number of likely N-dealkylation sites (N-methyl/N-ethyl adjacent to an activating group) is 1. The first-order valence-corrected chi connectivity index (χ1v) is 9.88. The zero-order valence-electron chi connectivity index (χ0n) is 16.3. The third-order valence-corrected chi connectivity index (χ3v) is 6.04. The van der Waals surface area contributed by atoms with Crippen LogP contribution in [0.3, 0.4) is 0 Å². The molecule has 1 aromatic carbocycles. The number of rotatable bonds is 5. The normalized spacial score (nSPS) is 22.8. The van der Waals surface area contributed by atoms with E-state index in [1.807, 2.05) is 0 Å². The molecule has 26 heavy (non-hydrogen) atoms. The lowest BCUT2D eigenvalue weighted by molar-refractivity contribution is 0.462. The molecular formula is C21H31FN4. The Hall–Kier alpha value is -1.59. The predicted molar refractivity (Wildman–Crippen MR) is 107 cm³/mol. The molecule has 2 aliphatic heterocycles. The number of halogens is 1. The van der Waals surface area contributed by atoms with Crippen LogP contribution in [0.2, 0.25) is 0 Å². The molecular weight excluding hydrogens is 327 g/mol. The third-order valence-electron chi connectivity index (χ3n) is 6.04. The van der Waals surface area contributed by atoms with E-state index in [2.05, 4.69) is 41.8 Å². The van der Waals surface area contributed by atoms with E-state index in [0.717, 1.165) is 49.4 Å². The maximum absolute atomic E-state index is 15.2. The van der Waals surface area contributed by atoms with E-state index in [9.17, 15) is 0 Å². The van der Waals surface area contributed by atoms with Crippen LogP contribution in [0.5, 0.6) is 0 Å². The Balaban J connectivity index is 1.77. The van der Waals surface area contributed by atoms with Crippen molar-refractivity contribution in [3.63, 3.8) is 0 Å². The first-order chi connectivity index (χ1) is 12.5. The molecule has 1 aromatic rings. The minimum absolute atomic E-state index is 0.0822. The summed E-state index contributed by atoms with van der Waals surface area (Å²) in [4.78, 5) is 6.89. The van der Waals surface area contributed by atoms with Crippen LogP contribution in [-0.4, -0.2) is 57.8 Å².